The lowest BCUT2D eigenvalue weighted by Gasteiger charge is -2.23. The van der Waals surface area contributed by atoms with Crippen molar-refractivity contribution in [2.45, 2.75) is 19.8 Å². The first kappa shape index (κ1) is 11.0. The molecule has 0 saturated carbocycles. The zero-order valence-corrected chi connectivity index (χ0v) is 9.52. The number of nitrogens with zero attached hydrogens (tertiary/aromatic N) is 1. The molecule has 1 heterocycles. The minimum Gasteiger partial charge on any atom is -0.481 e. The van der Waals surface area contributed by atoms with Crippen molar-refractivity contribution in [1.82, 2.24) is 0 Å². The van der Waals surface area contributed by atoms with Crippen LogP contribution in [0.4, 0.5) is 5.69 Å². The second kappa shape index (κ2) is 4.16. The maximum Gasteiger partial charge on any atom is 0.303 e. The predicted molar refractivity (Wildman–Crippen MR) is 63.6 cm³/mol. The summed E-state index contributed by atoms with van der Waals surface area (Å²) in [5, 5.41) is 8.88. The Hall–Kier alpha value is -1.51. The van der Waals surface area contributed by atoms with Crippen molar-refractivity contribution in [3.8, 4) is 0 Å². The average Bonchev–Trinajstić information content (AvgIpc) is 2.61. The first-order valence-electron chi connectivity index (χ1n) is 5.61. The summed E-state index contributed by atoms with van der Waals surface area (Å²) in [5.74, 6) is -0.697. The summed E-state index contributed by atoms with van der Waals surface area (Å²) < 4.78 is 0. The summed E-state index contributed by atoms with van der Waals surface area (Å²) in [7, 11) is 0. The van der Waals surface area contributed by atoms with Crippen LogP contribution in [0.3, 0.4) is 0 Å². The van der Waals surface area contributed by atoms with Gasteiger partial charge in [0, 0.05) is 18.8 Å². The number of hydrogen-bond donors (Lipinski definition) is 1. The summed E-state index contributed by atoms with van der Waals surface area (Å²) in [6.45, 7) is 3.85. The van der Waals surface area contributed by atoms with Crippen LogP contribution in [0.25, 0.3) is 0 Å². The molecule has 0 bridgehead atoms. The van der Waals surface area contributed by atoms with Gasteiger partial charge in [0.25, 0.3) is 0 Å². The monoisotopic (exact) mass is 219 g/mol. The molecule has 1 fully saturated rings. The van der Waals surface area contributed by atoms with Gasteiger partial charge in [-0.25, -0.2) is 0 Å². The third-order valence-electron chi connectivity index (χ3n) is 3.26. The fraction of sp³-hybridized carbons (Fsp3) is 0.462. The van der Waals surface area contributed by atoms with E-state index in [2.05, 4.69) is 24.0 Å². The number of carbonyl (C=O) groups is 1. The van der Waals surface area contributed by atoms with Gasteiger partial charge in [-0.05, 0) is 24.0 Å². The van der Waals surface area contributed by atoms with Gasteiger partial charge >= 0.3 is 5.97 Å². The maximum atomic E-state index is 10.8. The van der Waals surface area contributed by atoms with Gasteiger partial charge in [0.15, 0.2) is 0 Å². The molecule has 1 aromatic carbocycles. The van der Waals surface area contributed by atoms with Gasteiger partial charge in [-0.15, -0.1) is 0 Å². The molecule has 0 radical (unpaired) electrons. The Labute approximate surface area is 95.7 Å². The van der Waals surface area contributed by atoms with Crippen LogP contribution in [0.5, 0.6) is 0 Å². The van der Waals surface area contributed by atoms with Crippen molar-refractivity contribution >= 4 is 11.7 Å². The molecule has 2 rings (SSSR count). The van der Waals surface area contributed by atoms with Crippen LogP contribution in [-0.4, -0.2) is 24.2 Å². The number of aliphatic carboxylic acids is 1. The maximum absolute atomic E-state index is 10.8. The molecule has 0 aromatic heterocycles. The van der Waals surface area contributed by atoms with Crippen LogP contribution in [0.15, 0.2) is 30.3 Å². The van der Waals surface area contributed by atoms with Gasteiger partial charge in [0.2, 0.25) is 0 Å². The van der Waals surface area contributed by atoms with E-state index in [1.165, 1.54) is 5.69 Å². The van der Waals surface area contributed by atoms with E-state index in [-0.39, 0.29) is 11.8 Å². The molecule has 1 aromatic rings. The highest BCUT2D eigenvalue weighted by Crippen LogP contribution is 2.35. The standard InChI is InChI=1S/C13H17NO2/c1-13(9-12(15)16)7-8-14(10-13)11-5-3-2-4-6-11/h2-6H,7-10H2,1H3,(H,15,16). The summed E-state index contributed by atoms with van der Waals surface area (Å²) in [5.41, 5.74) is 1.11. The molecule has 1 aliphatic rings. The van der Waals surface area contributed by atoms with Crippen LogP contribution < -0.4 is 4.90 Å². The van der Waals surface area contributed by atoms with Gasteiger partial charge in [0.1, 0.15) is 0 Å². The van der Waals surface area contributed by atoms with E-state index in [0.717, 1.165) is 19.5 Å². The quantitative estimate of drug-likeness (QED) is 0.848. The Bertz CT molecular complexity index is 377. The lowest BCUT2D eigenvalue weighted by atomic mass is 9.86. The molecular formula is C13H17NO2. The number of anilines is 1. The fourth-order valence-corrected chi connectivity index (χ4v) is 2.39. The molecule has 3 heteroatoms. The first-order chi connectivity index (χ1) is 7.59. The van der Waals surface area contributed by atoms with E-state index in [9.17, 15) is 4.79 Å². The van der Waals surface area contributed by atoms with Crippen molar-refractivity contribution in [3.63, 3.8) is 0 Å². The van der Waals surface area contributed by atoms with Crippen LogP contribution in [-0.2, 0) is 4.79 Å². The van der Waals surface area contributed by atoms with E-state index in [1.807, 2.05) is 18.2 Å². The number of benzene rings is 1. The molecule has 0 spiro atoms. The van der Waals surface area contributed by atoms with Crippen molar-refractivity contribution in [2.24, 2.45) is 5.41 Å². The second-order valence-corrected chi connectivity index (χ2v) is 4.89. The molecule has 16 heavy (non-hydrogen) atoms. The fourth-order valence-electron chi connectivity index (χ4n) is 2.39. The van der Waals surface area contributed by atoms with Gasteiger partial charge in [-0.2, -0.15) is 0 Å². The van der Waals surface area contributed by atoms with E-state index >= 15 is 0 Å². The number of hydrogen-bond acceptors (Lipinski definition) is 2. The van der Waals surface area contributed by atoms with Crippen LogP contribution in [0.2, 0.25) is 0 Å². The molecule has 0 amide bonds. The Balaban J connectivity index is 2.06. The highest BCUT2D eigenvalue weighted by atomic mass is 16.4. The van der Waals surface area contributed by atoms with E-state index in [1.54, 1.807) is 0 Å². The van der Waals surface area contributed by atoms with Crippen LogP contribution in [0, 0.1) is 5.41 Å². The zero-order chi connectivity index (χ0) is 11.6. The van der Waals surface area contributed by atoms with Gasteiger partial charge in [-0.1, -0.05) is 25.1 Å². The molecule has 1 unspecified atom stereocenters. The molecule has 3 nitrogen and oxygen atoms in total. The Morgan fingerprint density at radius 3 is 2.75 bits per heavy atom. The van der Waals surface area contributed by atoms with Gasteiger partial charge < -0.3 is 10.0 Å². The van der Waals surface area contributed by atoms with Gasteiger partial charge in [-0.3, -0.25) is 4.79 Å². The highest BCUT2D eigenvalue weighted by Gasteiger charge is 2.35. The zero-order valence-electron chi connectivity index (χ0n) is 9.52. The molecule has 1 N–H and O–H groups in total. The molecule has 0 aliphatic carbocycles. The number of para-hydroxylation sites is 1. The van der Waals surface area contributed by atoms with E-state index in [0.29, 0.717) is 0 Å². The predicted octanol–water partition coefficient (Wildman–Crippen LogP) is 2.38. The lowest BCUT2D eigenvalue weighted by Crippen LogP contribution is -2.26. The smallest absolute Gasteiger partial charge is 0.303 e. The second-order valence-electron chi connectivity index (χ2n) is 4.89. The number of rotatable bonds is 3. The molecule has 1 saturated heterocycles. The Morgan fingerprint density at radius 1 is 1.44 bits per heavy atom. The average molecular weight is 219 g/mol. The molecular weight excluding hydrogens is 202 g/mol. The van der Waals surface area contributed by atoms with Crippen molar-refractivity contribution in [2.75, 3.05) is 18.0 Å². The normalized spacial score (nSPS) is 24.7. The summed E-state index contributed by atoms with van der Waals surface area (Å²) in [6, 6.07) is 10.2. The minimum atomic E-state index is -0.697. The van der Waals surface area contributed by atoms with E-state index in [4.69, 9.17) is 5.11 Å². The molecule has 86 valence electrons. The third-order valence-corrected chi connectivity index (χ3v) is 3.26. The summed E-state index contributed by atoms with van der Waals surface area (Å²) in [4.78, 5) is 13.1. The first-order valence-corrected chi connectivity index (χ1v) is 5.61. The molecule has 1 atom stereocenters. The third kappa shape index (κ3) is 2.35. The highest BCUT2D eigenvalue weighted by molar-refractivity contribution is 5.68. The SMILES string of the molecule is CC1(CC(=O)O)CCN(c2ccccc2)C1. The van der Waals surface area contributed by atoms with E-state index < -0.39 is 5.97 Å². The minimum absolute atomic E-state index is 0.0817. The number of carboxylic acid groups (broad SMARTS) is 1. The van der Waals surface area contributed by atoms with Crippen LogP contribution >= 0.6 is 0 Å². The largest absolute Gasteiger partial charge is 0.481 e. The molecule has 1 aliphatic heterocycles. The van der Waals surface area contributed by atoms with Crippen molar-refractivity contribution in [1.29, 1.82) is 0 Å². The summed E-state index contributed by atoms with van der Waals surface area (Å²) >= 11 is 0. The summed E-state index contributed by atoms with van der Waals surface area (Å²) in [6.07, 6.45) is 1.21. The Kier molecular flexibility index (Phi) is 2.86. The van der Waals surface area contributed by atoms with Crippen LogP contribution in [0.1, 0.15) is 19.8 Å². The Morgan fingerprint density at radius 2 is 2.12 bits per heavy atom. The van der Waals surface area contributed by atoms with Crippen molar-refractivity contribution < 1.29 is 9.90 Å². The number of carboxylic acids is 1. The topological polar surface area (TPSA) is 40.5 Å². The van der Waals surface area contributed by atoms with Crippen molar-refractivity contribution in [3.05, 3.63) is 30.3 Å². The van der Waals surface area contributed by atoms with Gasteiger partial charge in [0.05, 0.1) is 6.42 Å². The lowest BCUT2D eigenvalue weighted by molar-refractivity contribution is -0.139.